The van der Waals surface area contributed by atoms with Crippen molar-refractivity contribution in [2.45, 2.75) is 6.92 Å². The first kappa shape index (κ1) is 11.1. The molecule has 0 aliphatic rings. The van der Waals surface area contributed by atoms with E-state index >= 15 is 0 Å². The Morgan fingerprint density at radius 1 is 0.941 bits per heavy atom. The molecule has 0 aliphatic heterocycles. The molecule has 0 saturated heterocycles. The van der Waals surface area contributed by atoms with Crippen molar-refractivity contribution in [2.75, 3.05) is 0 Å². The molecule has 0 aliphatic carbocycles. The molecule has 0 fully saturated rings. The first-order valence-electron chi connectivity index (χ1n) is 5.24. The van der Waals surface area contributed by atoms with Gasteiger partial charge in [-0.2, -0.15) is 9.46 Å². The topological polar surface area (TPSA) is 53.9 Å². The van der Waals surface area contributed by atoms with Crippen molar-refractivity contribution < 1.29 is 9.46 Å². The normalized spacial score (nSPS) is 10.9. The van der Waals surface area contributed by atoms with E-state index in [4.69, 9.17) is 0 Å². The third kappa shape index (κ3) is 2.42. The smallest absolute Gasteiger partial charge is 0.216 e. The number of nitrogens with zero attached hydrogens (tertiary/aromatic N) is 2. The lowest BCUT2D eigenvalue weighted by Gasteiger charge is -2.03. The summed E-state index contributed by atoms with van der Waals surface area (Å²) in [6.45, 7) is 1.74. The van der Waals surface area contributed by atoms with E-state index in [1.54, 1.807) is 55.5 Å². The zero-order chi connectivity index (χ0) is 12.3. The lowest BCUT2D eigenvalue weighted by atomic mass is 10.2. The molecule has 4 heteroatoms. The van der Waals surface area contributed by atoms with Gasteiger partial charge >= 0.3 is 0 Å². The van der Waals surface area contributed by atoms with Crippen LogP contribution in [0.5, 0.6) is 0 Å². The largest absolute Gasteiger partial charge is 0.618 e. The Bertz CT molecular complexity index is 565. The molecule has 86 valence electrons. The molecule has 0 radical (unpaired) electrons. The van der Waals surface area contributed by atoms with E-state index in [0.717, 1.165) is 9.46 Å². The zero-order valence-corrected chi connectivity index (χ0v) is 9.41. The molecular weight excluding hydrogens is 216 g/mol. The van der Waals surface area contributed by atoms with Crippen LogP contribution >= 0.6 is 0 Å². The van der Waals surface area contributed by atoms with Gasteiger partial charge in [0, 0.05) is 43.3 Å². The number of hydrogen-bond acceptors (Lipinski definition) is 2. The minimum atomic E-state index is 0.494. The lowest BCUT2D eigenvalue weighted by Crippen LogP contribution is -2.33. The van der Waals surface area contributed by atoms with Gasteiger partial charge in [-0.3, -0.25) is 0 Å². The fraction of sp³-hybridized carbons (Fsp3) is 0.0769. The Labute approximate surface area is 99.2 Å². The second-order valence-electron chi connectivity index (χ2n) is 3.67. The highest BCUT2D eigenvalue weighted by Crippen LogP contribution is 2.02. The number of pyridine rings is 2. The second-order valence-corrected chi connectivity index (χ2v) is 3.67. The summed E-state index contributed by atoms with van der Waals surface area (Å²) in [6.07, 6.45) is 4.67. The highest BCUT2D eigenvalue weighted by Gasteiger charge is 2.04. The van der Waals surface area contributed by atoms with Gasteiger partial charge in [0.05, 0.1) is 0 Å². The number of aromatic nitrogens is 2. The van der Waals surface area contributed by atoms with E-state index in [9.17, 15) is 10.4 Å². The van der Waals surface area contributed by atoms with E-state index in [-0.39, 0.29) is 0 Å². The summed E-state index contributed by atoms with van der Waals surface area (Å²) in [5.41, 5.74) is 1.62. The predicted molar refractivity (Wildman–Crippen MR) is 64.5 cm³/mol. The van der Waals surface area contributed by atoms with Crippen molar-refractivity contribution in [3.63, 3.8) is 0 Å². The first-order valence-corrected chi connectivity index (χ1v) is 5.24. The van der Waals surface area contributed by atoms with Gasteiger partial charge in [-0.15, -0.1) is 0 Å². The predicted octanol–water partition coefficient (Wildman–Crippen LogP) is 1.43. The van der Waals surface area contributed by atoms with Gasteiger partial charge in [0.2, 0.25) is 11.4 Å². The molecule has 2 aromatic heterocycles. The average molecular weight is 228 g/mol. The van der Waals surface area contributed by atoms with Crippen molar-refractivity contribution in [1.82, 2.24) is 0 Å². The minimum absolute atomic E-state index is 0.494. The second kappa shape index (κ2) is 4.65. The van der Waals surface area contributed by atoms with Gasteiger partial charge in [-0.05, 0) is 12.1 Å². The Morgan fingerprint density at radius 3 is 2.41 bits per heavy atom. The van der Waals surface area contributed by atoms with Crippen molar-refractivity contribution in [3.8, 4) is 0 Å². The maximum absolute atomic E-state index is 11.7. The molecule has 0 bridgehead atoms. The average Bonchev–Trinajstić information content (AvgIpc) is 2.33. The van der Waals surface area contributed by atoms with Crippen LogP contribution in [-0.2, 0) is 0 Å². The number of rotatable bonds is 2. The molecule has 17 heavy (non-hydrogen) atoms. The van der Waals surface area contributed by atoms with Gasteiger partial charge in [-0.1, -0.05) is 0 Å². The molecule has 0 atom stereocenters. The van der Waals surface area contributed by atoms with E-state index in [1.807, 2.05) is 0 Å². The summed E-state index contributed by atoms with van der Waals surface area (Å²) in [6, 6.07) is 10.4. The molecule has 0 aromatic carbocycles. The fourth-order valence-electron chi connectivity index (χ4n) is 1.49. The van der Waals surface area contributed by atoms with Crippen LogP contribution < -0.4 is 9.46 Å². The Balaban J connectivity index is 2.33. The van der Waals surface area contributed by atoms with Crippen LogP contribution in [0.4, 0.5) is 0 Å². The molecule has 0 amide bonds. The molecule has 0 saturated carbocycles. The number of hydrogen-bond donors (Lipinski definition) is 0. The van der Waals surface area contributed by atoms with Crippen LogP contribution in [0, 0.1) is 17.3 Å². The Hall–Kier alpha value is -2.36. The quantitative estimate of drug-likeness (QED) is 0.576. The maximum Gasteiger partial charge on any atom is 0.216 e. The third-order valence-electron chi connectivity index (χ3n) is 2.44. The van der Waals surface area contributed by atoms with Crippen LogP contribution in [0.3, 0.4) is 0 Å². The van der Waals surface area contributed by atoms with Crippen LogP contribution in [0.1, 0.15) is 17.1 Å². The minimum Gasteiger partial charge on any atom is -0.618 e. The molecule has 2 aromatic rings. The van der Waals surface area contributed by atoms with Gasteiger partial charge < -0.3 is 10.4 Å². The van der Waals surface area contributed by atoms with Gasteiger partial charge in [0.25, 0.3) is 0 Å². The number of aryl methyl sites for hydroxylation is 1. The molecule has 4 nitrogen and oxygen atoms in total. The van der Waals surface area contributed by atoms with Crippen molar-refractivity contribution in [1.29, 1.82) is 0 Å². The van der Waals surface area contributed by atoms with E-state index in [1.165, 1.54) is 6.20 Å². The summed E-state index contributed by atoms with van der Waals surface area (Å²) >= 11 is 0. The summed E-state index contributed by atoms with van der Waals surface area (Å²) in [5.74, 6) is 0. The van der Waals surface area contributed by atoms with Gasteiger partial charge in [-0.25, -0.2) is 0 Å². The summed E-state index contributed by atoms with van der Waals surface area (Å²) in [7, 11) is 0. The fourth-order valence-corrected chi connectivity index (χ4v) is 1.49. The van der Waals surface area contributed by atoms with Gasteiger partial charge in [0.15, 0.2) is 11.9 Å². The Morgan fingerprint density at radius 2 is 1.65 bits per heavy atom. The highest BCUT2D eigenvalue weighted by atomic mass is 16.5. The molecule has 0 N–H and O–H groups in total. The van der Waals surface area contributed by atoms with Crippen molar-refractivity contribution >= 4 is 12.2 Å². The summed E-state index contributed by atoms with van der Waals surface area (Å²) in [5, 5.41) is 23.0. The Kier molecular flexibility index (Phi) is 3.05. The van der Waals surface area contributed by atoms with Crippen LogP contribution in [0.15, 0.2) is 42.6 Å². The van der Waals surface area contributed by atoms with Crippen molar-refractivity contribution in [2.24, 2.45) is 0 Å². The molecule has 2 rings (SSSR count). The first-order chi connectivity index (χ1) is 8.18. The highest BCUT2D eigenvalue weighted by molar-refractivity contribution is 5.63. The standard InChI is InChI=1S/C13H12N2O2/c1-11-5-4-7-13(15(11)17)9-8-12-6-2-3-10-14(12)16/h2-10H,1H3/b9-8-. The van der Waals surface area contributed by atoms with Gasteiger partial charge in [0.1, 0.15) is 0 Å². The van der Waals surface area contributed by atoms with Crippen molar-refractivity contribution in [3.05, 3.63) is 70.1 Å². The third-order valence-corrected chi connectivity index (χ3v) is 2.44. The molecule has 0 spiro atoms. The maximum atomic E-state index is 11.7. The zero-order valence-electron chi connectivity index (χ0n) is 9.41. The summed E-state index contributed by atoms with van der Waals surface area (Å²) < 4.78 is 1.58. The lowest BCUT2D eigenvalue weighted by molar-refractivity contribution is -0.614. The van der Waals surface area contributed by atoms with Crippen LogP contribution in [-0.4, -0.2) is 0 Å². The molecule has 0 unspecified atom stereocenters. The van der Waals surface area contributed by atoms with E-state index in [2.05, 4.69) is 0 Å². The van der Waals surface area contributed by atoms with E-state index in [0.29, 0.717) is 17.1 Å². The monoisotopic (exact) mass is 228 g/mol. The SMILES string of the molecule is Cc1cccc(/C=C\c2cccc[n+]2[O-])[n+]1[O-]. The molecular formula is C13H12N2O2. The van der Waals surface area contributed by atoms with E-state index < -0.39 is 0 Å². The summed E-state index contributed by atoms with van der Waals surface area (Å²) in [4.78, 5) is 0. The molecule has 2 heterocycles. The van der Waals surface area contributed by atoms with Crippen LogP contribution in [0.2, 0.25) is 0 Å². The van der Waals surface area contributed by atoms with Crippen LogP contribution in [0.25, 0.3) is 12.2 Å².